The zero-order valence-electron chi connectivity index (χ0n) is 10.3. The van der Waals surface area contributed by atoms with Crippen LogP contribution >= 0.6 is 0 Å². The molecule has 0 spiro atoms. The van der Waals surface area contributed by atoms with Gasteiger partial charge in [-0.3, -0.25) is 0 Å². The highest BCUT2D eigenvalue weighted by molar-refractivity contribution is 4.84. The number of hydrogen-bond donors (Lipinski definition) is 2. The summed E-state index contributed by atoms with van der Waals surface area (Å²) in [5.74, 6) is 0.895. The van der Waals surface area contributed by atoms with Crippen molar-refractivity contribution in [3.8, 4) is 0 Å². The third-order valence-corrected chi connectivity index (χ3v) is 3.65. The van der Waals surface area contributed by atoms with Crippen LogP contribution in [-0.2, 0) is 0 Å². The summed E-state index contributed by atoms with van der Waals surface area (Å²) in [6, 6.07) is 1.19. The molecule has 0 aromatic rings. The smallest absolute Gasteiger partial charge is 0.0445 e. The highest BCUT2D eigenvalue weighted by Gasteiger charge is 2.27. The summed E-state index contributed by atoms with van der Waals surface area (Å²) in [5.41, 5.74) is 0. The predicted octanol–water partition coefficient (Wildman–Crippen LogP) is 2.71. The lowest BCUT2D eigenvalue weighted by molar-refractivity contribution is 0.253. The molecule has 0 saturated heterocycles. The van der Waals surface area contributed by atoms with E-state index < -0.39 is 0 Å². The van der Waals surface area contributed by atoms with Crippen LogP contribution in [0.1, 0.15) is 58.8 Å². The molecule has 1 rings (SSSR count). The molecule has 0 aromatic carbocycles. The summed E-state index contributed by atoms with van der Waals surface area (Å²) in [5, 5.41) is 12.6. The molecular formula is C13H27NO. The second kappa shape index (κ2) is 7.24. The first-order valence-corrected chi connectivity index (χ1v) is 6.64. The van der Waals surface area contributed by atoms with Gasteiger partial charge in [0, 0.05) is 18.7 Å². The standard InChI is InChI=1S/C13H27NO/c1-3-4-6-12-7-5-8-13(12)14-11(2)9-10-15/h11-15H,3-10H2,1-2H3/t11-,12?,13?/m1/s1. The van der Waals surface area contributed by atoms with Crippen molar-refractivity contribution in [1.29, 1.82) is 0 Å². The van der Waals surface area contributed by atoms with Crippen LogP contribution in [0.2, 0.25) is 0 Å². The van der Waals surface area contributed by atoms with Gasteiger partial charge >= 0.3 is 0 Å². The summed E-state index contributed by atoms with van der Waals surface area (Å²) < 4.78 is 0. The first-order chi connectivity index (χ1) is 7.27. The van der Waals surface area contributed by atoms with E-state index in [0.29, 0.717) is 12.6 Å². The van der Waals surface area contributed by atoms with E-state index in [1.165, 1.54) is 38.5 Å². The molecule has 90 valence electrons. The quantitative estimate of drug-likeness (QED) is 0.681. The molecule has 15 heavy (non-hydrogen) atoms. The van der Waals surface area contributed by atoms with Gasteiger partial charge in [-0.15, -0.1) is 0 Å². The first-order valence-electron chi connectivity index (χ1n) is 6.64. The molecule has 0 heterocycles. The van der Waals surface area contributed by atoms with E-state index in [-0.39, 0.29) is 0 Å². The van der Waals surface area contributed by atoms with Crippen LogP contribution in [0, 0.1) is 5.92 Å². The Balaban J connectivity index is 2.26. The number of rotatable bonds is 7. The molecule has 1 aliphatic carbocycles. The summed E-state index contributed by atoms with van der Waals surface area (Å²) >= 11 is 0. The van der Waals surface area contributed by atoms with Gasteiger partial charge in [0.2, 0.25) is 0 Å². The molecule has 0 bridgehead atoms. The molecule has 0 amide bonds. The Morgan fingerprint density at radius 1 is 1.40 bits per heavy atom. The lowest BCUT2D eigenvalue weighted by atomic mass is 9.96. The number of nitrogens with one attached hydrogen (secondary N) is 1. The SMILES string of the molecule is CCCCC1CCCC1N[C@H](C)CCO. The van der Waals surface area contributed by atoms with E-state index in [4.69, 9.17) is 5.11 Å². The number of hydrogen-bond acceptors (Lipinski definition) is 2. The van der Waals surface area contributed by atoms with Crippen molar-refractivity contribution in [1.82, 2.24) is 5.32 Å². The van der Waals surface area contributed by atoms with Crippen LogP contribution in [0.15, 0.2) is 0 Å². The monoisotopic (exact) mass is 213 g/mol. The molecule has 2 nitrogen and oxygen atoms in total. The Morgan fingerprint density at radius 2 is 2.20 bits per heavy atom. The van der Waals surface area contributed by atoms with E-state index in [0.717, 1.165) is 18.4 Å². The van der Waals surface area contributed by atoms with Gasteiger partial charge in [0.15, 0.2) is 0 Å². The molecule has 2 N–H and O–H groups in total. The van der Waals surface area contributed by atoms with Crippen molar-refractivity contribution in [2.45, 2.75) is 70.9 Å². The maximum Gasteiger partial charge on any atom is 0.0445 e. The van der Waals surface area contributed by atoms with Crippen molar-refractivity contribution in [2.24, 2.45) is 5.92 Å². The third-order valence-electron chi connectivity index (χ3n) is 3.65. The average molecular weight is 213 g/mol. The van der Waals surface area contributed by atoms with Crippen molar-refractivity contribution < 1.29 is 5.11 Å². The Labute approximate surface area is 94.5 Å². The fraction of sp³-hybridized carbons (Fsp3) is 1.00. The zero-order chi connectivity index (χ0) is 11.1. The van der Waals surface area contributed by atoms with Gasteiger partial charge in [0.05, 0.1) is 0 Å². The molecule has 0 radical (unpaired) electrons. The van der Waals surface area contributed by atoms with Gasteiger partial charge in [-0.25, -0.2) is 0 Å². The van der Waals surface area contributed by atoms with Gasteiger partial charge in [0.25, 0.3) is 0 Å². The van der Waals surface area contributed by atoms with Gasteiger partial charge in [0.1, 0.15) is 0 Å². The average Bonchev–Trinajstić information content (AvgIpc) is 2.63. The second-order valence-corrected chi connectivity index (χ2v) is 5.02. The van der Waals surface area contributed by atoms with Gasteiger partial charge < -0.3 is 10.4 Å². The predicted molar refractivity (Wildman–Crippen MR) is 65.0 cm³/mol. The lowest BCUT2D eigenvalue weighted by Gasteiger charge is -2.24. The van der Waals surface area contributed by atoms with Crippen LogP contribution in [-0.4, -0.2) is 23.8 Å². The largest absolute Gasteiger partial charge is 0.396 e. The fourth-order valence-electron chi connectivity index (χ4n) is 2.71. The first kappa shape index (κ1) is 13.0. The van der Waals surface area contributed by atoms with E-state index in [9.17, 15) is 0 Å². The van der Waals surface area contributed by atoms with E-state index in [1.54, 1.807) is 0 Å². The minimum atomic E-state index is 0.306. The highest BCUT2D eigenvalue weighted by Crippen LogP contribution is 2.30. The summed E-state index contributed by atoms with van der Waals surface area (Å²) in [4.78, 5) is 0. The summed E-state index contributed by atoms with van der Waals surface area (Å²) in [6.07, 6.45) is 9.09. The topological polar surface area (TPSA) is 32.3 Å². The van der Waals surface area contributed by atoms with Crippen LogP contribution in [0.4, 0.5) is 0 Å². The van der Waals surface area contributed by atoms with Gasteiger partial charge in [-0.1, -0.05) is 26.2 Å². The number of unbranched alkanes of at least 4 members (excludes halogenated alkanes) is 1. The molecule has 3 atom stereocenters. The van der Waals surface area contributed by atoms with Crippen molar-refractivity contribution in [3.63, 3.8) is 0 Å². The van der Waals surface area contributed by atoms with Crippen LogP contribution in [0.5, 0.6) is 0 Å². The summed E-state index contributed by atoms with van der Waals surface area (Å²) in [7, 11) is 0. The molecule has 1 aliphatic rings. The number of aliphatic hydroxyl groups is 1. The van der Waals surface area contributed by atoms with E-state index in [2.05, 4.69) is 19.2 Å². The second-order valence-electron chi connectivity index (χ2n) is 5.02. The lowest BCUT2D eigenvalue weighted by Crippen LogP contribution is -2.39. The minimum absolute atomic E-state index is 0.306. The van der Waals surface area contributed by atoms with Crippen LogP contribution < -0.4 is 5.32 Å². The van der Waals surface area contributed by atoms with Gasteiger partial charge in [-0.05, 0) is 38.5 Å². The Kier molecular flexibility index (Phi) is 6.26. The Morgan fingerprint density at radius 3 is 2.87 bits per heavy atom. The maximum absolute atomic E-state index is 8.88. The van der Waals surface area contributed by atoms with Crippen LogP contribution in [0.3, 0.4) is 0 Å². The fourth-order valence-corrected chi connectivity index (χ4v) is 2.71. The summed E-state index contributed by atoms with van der Waals surface area (Å²) in [6.45, 7) is 4.76. The molecule has 0 aliphatic heterocycles. The highest BCUT2D eigenvalue weighted by atomic mass is 16.3. The Bertz CT molecular complexity index is 161. The molecule has 2 heteroatoms. The molecule has 1 fully saturated rings. The molecule has 1 saturated carbocycles. The Hall–Kier alpha value is -0.0800. The maximum atomic E-state index is 8.88. The van der Waals surface area contributed by atoms with Crippen molar-refractivity contribution >= 4 is 0 Å². The normalized spacial score (nSPS) is 28.2. The molecule has 0 aromatic heterocycles. The minimum Gasteiger partial charge on any atom is -0.396 e. The van der Waals surface area contributed by atoms with Gasteiger partial charge in [-0.2, -0.15) is 0 Å². The van der Waals surface area contributed by atoms with E-state index in [1.807, 2.05) is 0 Å². The van der Waals surface area contributed by atoms with Crippen LogP contribution in [0.25, 0.3) is 0 Å². The van der Waals surface area contributed by atoms with E-state index >= 15 is 0 Å². The zero-order valence-corrected chi connectivity index (χ0v) is 10.3. The third kappa shape index (κ3) is 4.52. The van der Waals surface area contributed by atoms with Crippen molar-refractivity contribution in [2.75, 3.05) is 6.61 Å². The molecule has 2 unspecified atom stereocenters. The van der Waals surface area contributed by atoms with Crippen molar-refractivity contribution in [3.05, 3.63) is 0 Å². The number of aliphatic hydroxyl groups excluding tert-OH is 1. The molecular weight excluding hydrogens is 186 g/mol.